The molecule has 0 bridgehead atoms. The highest BCUT2D eigenvalue weighted by Crippen LogP contribution is 2.23. The molecule has 3 heteroatoms. The highest BCUT2D eigenvalue weighted by molar-refractivity contribution is 6.40. The molecular weight excluding hydrogens is 236 g/mol. The number of hydrogen-bond acceptors (Lipinski definition) is 3. The second kappa shape index (κ2) is 5.55. The van der Waals surface area contributed by atoms with Gasteiger partial charge in [-0.25, -0.2) is 0 Å². The van der Waals surface area contributed by atoms with Crippen molar-refractivity contribution in [2.75, 3.05) is 5.43 Å². The highest BCUT2D eigenvalue weighted by atomic mass is 16.1. The molecule has 0 spiro atoms. The van der Waals surface area contributed by atoms with Gasteiger partial charge in [-0.15, -0.1) is 0 Å². The first-order chi connectivity index (χ1) is 8.97. The number of hydrazone groups is 1. The Bertz CT molecular complexity index is 480. The topological polar surface area (TPSA) is 41.5 Å². The molecule has 1 aromatic carbocycles. The van der Waals surface area contributed by atoms with Crippen molar-refractivity contribution in [3.8, 4) is 0 Å². The third-order valence-corrected chi connectivity index (χ3v) is 3.46. The van der Waals surface area contributed by atoms with E-state index in [0.717, 1.165) is 24.9 Å². The summed E-state index contributed by atoms with van der Waals surface area (Å²) in [4.78, 5) is 11.6. The van der Waals surface area contributed by atoms with Crippen LogP contribution >= 0.6 is 0 Å². The van der Waals surface area contributed by atoms with Gasteiger partial charge in [0.05, 0.1) is 5.69 Å². The molecule has 0 unspecified atom stereocenters. The molecule has 0 amide bonds. The second-order valence-electron chi connectivity index (χ2n) is 6.13. The molecule has 1 saturated carbocycles. The normalized spacial score (nSPS) is 18.7. The summed E-state index contributed by atoms with van der Waals surface area (Å²) in [6.45, 7) is 6.57. The van der Waals surface area contributed by atoms with E-state index in [0.29, 0.717) is 12.1 Å². The van der Waals surface area contributed by atoms with Crippen molar-refractivity contribution in [2.45, 2.75) is 51.9 Å². The number of anilines is 1. The quantitative estimate of drug-likeness (QED) is 0.817. The average Bonchev–Trinajstić information content (AvgIpc) is 2.37. The van der Waals surface area contributed by atoms with Crippen LogP contribution in [0, 0.1) is 0 Å². The summed E-state index contributed by atoms with van der Waals surface area (Å²) in [6.07, 6.45) is 3.50. The van der Waals surface area contributed by atoms with Gasteiger partial charge in [0, 0.05) is 6.42 Å². The minimum atomic E-state index is 0.157. The van der Waals surface area contributed by atoms with Crippen LogP contribution in [0.2, 0.25) is 0 Å². The summed E-state index contributed by atoms with van der Waals surface area (Å²) >= 11 is 0. The van der Waals surface area contributed by atoms with Crippen LogP contribution in [0.15, 0.2) is 29.4 Å². The number of benzene rings is 1. The number of carbonyl (C=O) groups excluding carboxylic acids is 1. The van der Waals surface area contributed by atoms with E-state index in [1.807, 2.05) is 12.1 Å². The molecule has 1 aliphatic rings. The van der Waals surface area contributed by atoms with Gasteiger partial charge < -0.3 is 0 Å². The lowest BCUT2D eigenvalue weighted by Crippen LogP contribution is -2.19. The number of carbonyl (C=O) groups is 1. The number of Topliss-reactive ketones (excluding diaryl/α,β-unsaturated/α-hetero) is 1. The van der Waals surface area contributed by atoms with Crippen molar-refractivity contribution in [3.05, 3.63) is 29.8 Å². The van der Waals surface area contributed by atoms with Gasteiger partial charge in [0.15, 0.2) is 5.78 Å². The van der Waals surface area contributed by atoms with Crippen LogP contribution in [-0.2, 0) is 10.2 Å². The van der Waals surface area contributed by atoms with E-state index in [1.165, 1.54) is 5.56 Å². The first-order valence-electron chi connectivity index (χ1n) is 6.93. The van der Waals surface area contributed by atoms with Crippen molar-refractivity contribution in [2.24, 2.45) is 5.10 Å². The third-order valence-electron chi connectivity index (χ3n) is 3.46. The molecule has 2 rings (SSSR count). The fraction of sp³-hybridized carbons (Fsp3) is 0.500. The Morgan fingerprint density at radius 1 is 1.05 bits per heavy atom. The van der Waals surface area contributed by atoms with E-state index in [1.54, 1.807) is 0 Å². The zero-order valence-corrected chi connectivity index (χ0v) is 12.0. The van der Waals surface area contributed by atoms with E-state index < -0.39 is 0 Å². The van der Waals surface area contributed by atoms with E-state index in [9.17, 15) is 4.79 Å². The third kappa shape index (κ3) is 3.66. The summed E-state index contributed by atoms with van der Waals surface area (Å²) in [5.41, 5.74) is 6.05. The van der Waals surface area contributed by atoms with Gasteiger partial charge in [-0.2, -0.15) is 5.10 Å². The summed E-state index contributed by atoms with van der Waals surface area (Å²) in [5.74, 6) is 0.185. The molecule has 0 atom stereocenters. The lowest BCUT2D eigenvalue weighted by Gasteiger charge is -2.19. The zero-order valence-electron chi connectivity index (χ0n) is 12.0. The molecule has 0 aliphatic heterocycles. The standard InChI is InChI=1S/C16H22N2O/c1-16(2,3)12-8-10-13(11-9-12)17-18-14-6-4-5-7-15(14)19/h8-11,17H,4-7H2,1-3H3/b18-14+. The summed E-state index contributed by atoms with van der Waals surface area (Å²) in [7, 11) is 0. The molecule has 1 aliphatic carbocycles. The van der Waals surface area contributed by atoms with E-state index in [2.05, 4.69) is 43.4 Å². The maximum atomic E-state index is 11.6. The number of ketones is 1. The van der Waals surface area contributed by atoms with Crippen molar-refractivity contribution in [1.82, 2.24) is 0 Å². The van der Waals surface area contributed by atoms with Gasteiger partial charge in [0.1, 0.15) is 5.71 Å². The monoisotopic (exact) mass is 258 g/mol. The van der Waals surface area contributed by atoms with Gasteiger partial charge in [-0.05, 0) is 42.4 Å². The van der Waals surface area contributed by atoms with Crippen LogP contribution in [0.3, 0.4) is 0 Å². The SMILES string of the molecule is CC(C)(C)c1ccc(N/N=C2\CCCCC2=O)cc1. The first kappa shape index (κ1) is 13.8. The molecule has 1 N–H and O–H groups in total. The minimum Gasteiger partial charge on any atom is -0.293 e. The summed E-state index contributed by atoms with van der Waals surface area (Å²) < 4.78 is 0. The van der Waals surface area contributed by atoms with Crippen LogP contribution < -0.4 is 5.43 Å². The molecule has 3 nitrogen and oxygen atoms in total. The van der Waals surface area contributed by atoms with Crippen LogP contribution in [0.1, 0.15) is 52.0 Å². The highest BCUT2D eigenvalue weighted by Gasteiger charge is 2.16. The molecule has 0 aromatic heterocycles. The Kier molecular flexibility index (Phi) is 4.03. The Labute approximate surface area is 115 Å². The van der Waals surface area contributed by atoms with Gasteiger partial charge >= 0.3 is 0 Å². The first-order valence-corrected chi connectivity index (χ1v) is 6.93. The van der Waals surface area contributed by atoms with Gasteiger partial charge in [0.2, 0.25) is 0 Å². The van der Waals surface area contributed by atoms with Gasteiger partial charge in [-0.3, -0.25) is 10.2 Å². The molecule has 1 aromatic rings. The minimum absolute atomic E-state index is 0.157. The predicted molar refractivity (Wildman–Crippen MR) is 79.7 cm³/mol. The lowest BCUT2D eigenvalue weighted by atomic mass is 9.87. The van der Waals surface area contributed by atoms with Crippen LogP contribution in [0.5, 0.6) is 0 Å². The van der Waals surface area contributed by atoms with E-state index in [-0.39, 0.29) is 11.2 Å². The fourth-order valence-electron chi connectivity index (χ4n) is 2.16. The summed E-state index contributed by atoms with van der Waals surface area (Å²) in [5, 5.41) is 4.24. The zero-order chi connectivity index (χ0) is 13.9. The Morgan fingerprint density at radius 3 is 2.26 bits per heavy atom. The molecule has 19 heavy (non-hydrogen) atoms. The van der Waals surface area contributed by atoms with E-state index in [4.69, 9.17) is 0 Å². The lowest BCUT2D eigenvalue weighted by molar-refractivity contribution is -0.113. The van der Waals surface area contributed by atoms with Crippen molar-refractivity contribution < 1.29 is 4.79 Å². The number of nitrogens with zero attached hydrogens (tertiary/aromatic N) is 1. The predicted octanol–water partition coefficient (Wildman–Crippen LogP) is 3.90. The fourth-order valence-corrected chi connectivity index (χ4v) is 2.16. The number of rotatable bonds is 2. The number of hydrogen-bond donors (Lipinski definition) is 1. The van der Waals surface area contributed by atoms with Gasteiger partial charge in [0.25, 0.3) is 0 Å². The molecule has 0 radical (unpaired) electrons. The van der Waals surface area contributed by atoms with E-state index >= 15 is 0 Å². The molecule has 0 heterocycles. The molecule has 1 fully saturated rings. The summed E-state index contributed by atoms with van der Waals surface area (Å²) in [6, 6.07) is 8.23. The van der Waals surface area contributed by atoms with Crippen molar-refractivity contribution >= 4 is 17.2 Å². The largest absolute Gasteiger partial charge is 0.293 e. The Balaban J connectivity index is 2.04. The second-order valence-corrected chi connectivity index (χ2v) is 6.13. The number of nitrogens with one attached hydrogen (secondary N) is 1. The Morgan fingerprint density at radius 2 is 1.68 bits per heavy atom. The van der Waals surface area contributed by atoms with Gasteiger partial charge in [-0.1, -0.05) is 32.9 Å². The Hall–Kier alpha value is -1.64. The molecule has 0 saturated heterocycles. The molecular formula is C16H22N2O. The smallest absolute Gasteiger partial charge is 0.178 e. The van der Waals surface area contributed by atoms with Crippen LogP contribution in [0.25, 0.3) is 0 Å². The maximum Gasteiger partial charge on any atom is 0.178 e. The van der Waals surface area contributed by atoms with Crippen molar-refractivity contribution in [1.29, 1.82) is 0 Å². The van der Waals surface area contributed by atoms with Crippen molar-refractivity contribution in [3.63, 3.8) is 0 Å². The maximum absolute atomic E-state index is 11.6. The molecule has 102 valence electrons. The average molecular weight is 258 g/mol. The van der Waals surface area contributed by atoms with Crippen LogP contribution in [0.4, 0.5) is 5.69 Å². The van der Waals surface area contributed by atoms with Crippen LogP contribution in [-0.4, -0.2) is 11.5 Å².